The van der Waals surface area contributed by atoms with Crippen molar-refractivity contribution in [2.24, 2.45) is 0 Å². The minimum atomic E-state index is -3.54. The first-order valence-corrected chi connectivity index (χ1v) is 6.64. The van der Waals surface area contributed by atoms with Gasteiger partial charge in [0, 0.05) is 23.3 Å². The normalized spacial score (nSPS) is 27.5. The van der Waals surface area contributed by atoms with Gasteiger partial charge in [-0.05, 0) is 38.6 Å². The second-order valence-corrected chi connectivity index (χ2v) is 5.03. The van der Waals surface area contributed by atoms with Crippen LogP contribution in [0.3, 0.4) is 0 Å². The van der Waals surface area contributed by atoms with E-state index in [4.69, 9.17) is 21.5 Å². The van der Waals surface area contributed by atoms with Gasteiger partial charge in [-0.3, -0.25) is 4.90 Å². The Kier molecular flexibility index (Phi) is 1.57. The van der Waals surface area contributed by atoms with E-state index in [0.717, 1.165) is 10.9 Å². The molecule has 1 fully saturated rings. The van der Waals surface area contributed by atoms with E-state index < -0.39 is 44.8 Å². The van der Waals surface area contributed by atoms with Crippen LogP contribution in [0.1, 0.15) is 57.2 Å². The summed E-state index contributed by atoms with van der Waals surface area (Å²) in [7, 11) is 0. The fourth-order valence-electron chi connectivity index (χ4n) is 2.47. The number of rotatable bonds is 2. The summed E-state index contributed by atoms with van der Waals surface area (Å²) in [5.41, 5.74) is -1.96. The number of fused-ring (bicyclic) bond motifs is 1. The van der Waals surface area contributed by atoms with E-state index >= 15 is 0 Å². The molecular formula is C17H21NO3. The Hall–Kier alpha value is -1.97. The fraction of sp³-hybridized carbons (Fsp3) is 0.471. The van der Waals surface area contributed by atoms with Crippen LogP contribution in [0.15, 0.2) is 28.7 Å². The third-order valence-corrected chi connectivity index (χ3v) is 3.56. The van der Waals surface area contributed by atoms with E-state index in [0.29, 0.717) is 16.9 Å². The third-order valence-electron chi connectivity index (χ3n) is 3.56. The summed E-state index contributed by atoms with van der Waals surface area (Å²) in [5, 5.41) is 0.729. The Balaban J connectivity index is 2.09. The van der Waals surface area contributed by atoms with Gasteiger partial charge in [-0.1, -0.05) is 25.1 Å². The zero-order valence-electron chi connectivity index (χ0n) is 20.5. The van der Waals surface area contributed by atoms with E-state index in [9.17, 15) is 4.79 Å². The molecule has 2 aromatic rings. The lowest BCUT2D eigenvalue weighted by Crippen LogP contribution is -2.41. The average molecular weight is 296 g/mol. The summed E-state index contributed by atoms with van der Waals surface area (Å²) in [5.74, 6) is 0.178. The number of carbonyl (C=O) groups excluding carboxylic acids is 1. The van der Waals surface area contributed by atoms with Crippen molar-refractivity contribution in [3.8, 4) is 0 Å². The first-order valence-electron chi connectivity index (χ1n) is 11.1. The lowest BCUT2D eigenvalue weighted by atomic mass is 10.1. The zero-order valence-corrected chi connectivity index (χ0v) is 11.5. The molecule has 1 aromatic carbocycles. The van der Waals surface area contributed by atoms with Crippen LogP contribution >= 0.6 is 0 Å². The van der Waals surface area contributed by atoms with Crippen molar-refractivity contribution in [2.45, 2.75) is 45.5 Å². The highest BCUT2D eigenvalue weighted by Gasteiger charge is 2.40. The Labute approximate surface area is 137 Å². The topological polar surface area (TPSA) is 42.7 Å². The van der Waals surface area contributed by atoms with Gasteiger partial charge in [0.05, 0.1) is 6.54 Å². The Morgan fingerprint density at radius 3 is 2.95 bits per heavy atom. The molecule has 21 heavy (non-hydrogen) atoms. The number of amides is 1. The Morgan fingerprint density at radius 1 is 1.43 bits per heavy atom. The minimum absolute atomic E-state index is 0.178. The summed E-state index contributed by atoms with van der Waals surface area (Å²) in [6.07, 6.45) is -1.80. The molecule has 0 saturated carbocycles. The summed E-state index contributed by atoms with van der Waals surface area (Å²) >= 11 is 0. The van der Waals surface area contributed by atoms with Gasteiger partial charge in [0.2, 0.25) is 0 Å². The van der Waals surface area contributed by atoms with E-state index in [2.05, 4.69) is 0 Å². The van der Waals surface area contributed by atoms with Crippen LogP contribution in [0.25, 0.3) is 11.0 Å². The van der Waals surface area contributed by atoms with Gasteiger partial charge in [0.15, 0.2) is 6.10 Å². The van der Waals surface area contributed by atoms with Crippen LogP contribution in [-0.2, 0) is 11.2 Å². The maximum Gasteiger partial charge on any atom is 0.411 e. The lowest BCUT2D eigenvalue weighted by Gasteiger charge is -2.28. The smallest absolute Gasteiger partial charge is 0.411 e. The SMILES string of the molecule is [2H]C([2H])([2H])C(N1CC(c2cc3cccc(CC)c3o2)OC1=O)(C([2H])([2H])[2H])C([2H])([2H])[2H]. The van der Waals surface area contributed by atoms with Gasteiger partial charge in [0.1, 0.15) is 11.3 Å². The molecular weight excluding hydrogens is 266 g/mol. The van der Waals surface area contributed by atoms with Gasteiger partial charge in [0.25, 0.3) is 0 Å². The van der Waals surface area contributed by atoms with Gasteiger partial charge >= 0.3 is 6.09 Å². The van der Waals surface area contributed by atoms with Crippen molar-refractivity contribution < 1.29 is 26.3 Å². The number of para-hydroxylation sites is 1. The second kappa shape index (κ2) is 4.79. The van der Waals surface area contributed by atoms with E-state index in [-0.39, 0.29) is 5.76 Å². The molecule has 1 unspecified atom stereocenters. The number of nitrogens with zero attached hydrogens (tertiary/aromatic N) is 1. The summed E-state index contributed by atoms with van der Waals surface area (Å²) in [6, 6.07) is 7.09. The highest BCUT2D eigenvalue weighted by atomic mass is 16.6. The standard InChI is InChI=1S/C17H21NO3/c1-5-11-7-6-8-12-9-13(20-15(11)12)14-10-18(16(19)21-14)17(2,3)4/h6-9,14H,5,10H2,1-4H3/i2D3,3D3,4D3. The summed E-state index contributed by atoms with van der Waals surface area (Å²) in [6.45, 7) is -9.27. The molecule has 2 heterocycles. The predicted molar refractivity (Wildman–Crippen MR) is 81.3 cm³/mol. The molecule has 1 aromatic heterocycles. The van der Waals surface area contributed by atoms with Gasteiger partial charge in [-0.25, -0.2) is 4.79 Å². The molecule has 1 aliphatic rings. The average Bonchev–Trinajstić information content (AvgIpc) is 3.15. The first-order chi connectivity index (χ1) is 13.6. The lowest BCUT2D eigenvalue weighted by molar-refractivity contribution is 0.114. The quantitative estimate of drug-likeness (QED) is 0.830. The summed E-state index contributed by atoms with van der Waals surface area (Å²) in [4.78, 5) is 12.9. The second-order valence-electron chi connectivity index (χ2n) is 5.03. The molecule has 4 heteroatoms. The molecule has 3 rings (SSSR count). The molecule has 0 bridgehead atoms. The largest absolute Gasteiger partial charge is 0.457 e. The van der Waals surface area contributed by atoms with Crippen molar-refractivity contribution in [1.82, 2.24) is 4.90 Å². The molecule has 4 nitrogen and oxygen atoms in total. The number of cyclic esters (lactones) is 1. The zero-order chi connectivity index (χ0) is 22.7. The Bertz CT molecular complexity index is 922. The monoisotopic (exact) mass is 296 g/mol. The number of hydrogen-bond donors (Lipinski definition) is 0. The van der Waals surface area contributed by atoms with Crippen molar-refractivity contribution in [1.29, 1.82) is 0 Å². The summed E-state index contributed by atoms with van der Waals surface area (Å²) < 4.78 is 80.8. The number of aryl methyl sites for hydroxylation is 1. The van der Waals surface area contributed by atoms with Crippen LogP contribution in [-0.4, -0.2) is 23.1 Å². The van der Waals surface area contributed by atoms with Gasteiger partial charge in [-0.2, -0.15) is 0 Å². The highest BCUT2D eigenvalue weighted by molar-refractivity contribution is 5.81. The highest BCUT2D eigenvalue weighted by Crippen LogP contribution is 2.34. The van der Waals surface area contributed by atoms with Crippen molar-refractivity contribution in [2.75, 3.05) is 6.54 Å². The minimum Gasteiger partial charge on any atom is -0.457 e. The number of carbonyl (C=O) groups is 1. The number of benzene rings is 1. The first kappa shape index (κ1) is 6.86. The van der Waals surface area contributed by atoms with Crippen molar-refractivity contribution >= 4 is 17.1 Å². The van der Waals surface area contributed by atoms with Crippen LogP contribution in [0.5, 0.6) is 0 Å². The fourth-order valence-corrected chi connectivity index (χ4v) is 2.47. The molecule has 0 N–H and O–H groups in total. The van der Waals surface area contributed by atoms with E-state index in [1.165, 1.54) is 0 Å². The molecule has 1 aliphatic heterocycles. The number of ether oxygens (including phenoxy) is 1. The molecule has 1 atom stereocenters. The Morgan fingerprint density at radius 2 is 2.24 bits per heavy atom. The molecule has 0 spiro atoms. The number of hydrogen-bond acceptors (Lipinski definition) is 3. The molecule has 112 valence electrons. The number of furan rings is 1. The van der Waals surface area contributed by atoms with Crippen LogP contribution in [0.4, 0.5) is 4.79 Å². The molecule has 0 radical (unpaired) electrons. The predicted octanol–water partition coefficient (Wildman–Crippen LogP) is 4.29. The van der Waals surface area contributed by atoms with Gasteiger partial charge in [-0.15, -0.1) is 0 Å². The third kappa shape index (κ3) is 2.39. The van der Waals surface area contributed by atoms with Gasteiger partial charge < -0.3 is 9.15 Å². The maximum atomic E-state index is 12.6. The maximum absolute atomic E-state index is 12.6. The van der Waals surface area contributed by atoms with Crippen molar-refractivity contribution in [3.63, 3.8) is 0 Å². The van der Waals surface area contributed by atoms with E-state index in [1.807, 2.05) is 19.1 Å². The van der Waals surface area contributed by atoms with Crippen molar-refractivity contribution in [3.05, 3.63) is 35.6 Å². The van der Waals surface area contributed by atoms with Crippen LogP contribution < -0.4 is 0 Å². The molecule has 1 amide bonds. The molecule has 1 saturated heterocycles. The van der Waals surface area contributed by atoms with Crippen LogP contribution in [0.2, 0.25) is 0 Å². The van der Waals surface area contributed by atoms with E-state index in [1.54, 1.807) is 12.1 Å². The molecule has 0 aliphatic carbocycles. The van der Waals surface area contributed by atoms with Crippen LogP contribution in [0, 0.1) is 0 Å².